The number of aromatic nitrogens is 2. The zero-order valence-corrected chi connectivity index (χ0v) is 13.5. The maximum Gasteiger partial charge on any atom is 0.124 e. The van der Waals surface area contributed by atoms with Gasteiger partial charge in [0, 0.05) is 6.04 Å². The Hall–Kier alpha value is -1.35. The molecule has 1 unspecified atom stereocenters. The van der Waals surface area contributed by atoms with Gasteiger partial charge >= 0.3 is 0 Å². The van der Waals surface area contributed by atoms with Gasteiger partial charge in [-0.2, -0.15) is 0 Å². The lowest BCUT2D eigenvalue weighted by Crippen LogP contribution is -2.35. The molecule has 0 aliphatic heterocycles. The van der Waals surface area contributed by atoms with E-state index < -0.39 is 0 Å². The zero-order valence-electron chi connectivity index (χ0n) is 13.5. The van der Waals surface area contributed by atoms with Gasteiger partial charge in [-0.1, -0.05) is 32.3 Å². The van der Waals surface area contributed by atoms with Gasteiger partial charge in [-0.25, -0.2) is 4.98 Å². The summed E-state index contributed by atoms with van der Waals surface area (Å²) >= 11 is 0. The molecule has 0 amide bonds. The van der Waals surface area contributed by atoms with Crippen molar-refractivity contribution in [3.05, 3.63) is 29.6 Å². The second kappa shape index (κ2) is 6.18. The molecule has 1 fully saturated rings. The summed E-state index contributed by atoms with van der Waals surface area (Å²) in [6.07, 6.45) is 7.90. The average Bonchev–Trinajstić information content (AvgIpc) is 2.97. The zero-order chi connectivity index (χ0) is 14.8. The van der Waals surface area contributed by atoms with Crippen LogP contribution >= 0.6 is 0 Å². The lowest BCUT2D eigenvalue weighted by atomic mass is 9.93. The molecule has 3 heteroatoms. The molecule has 114 valence electrons. The second-order valence-corrected chi connectivity index (χ2v) is 6.46. The van der Waals surface area contributed by atoms with E-state index in [4.69, 9.17) is 4.98 Å². The van der Waals surface area contributed by atoms with Gasteiger partial charge in [0.25, 0.3) is 0 Å². The standard InChI is InChI=1S/C18H27N3/c1-4-14-10-11-16-17(12-14)20-18(19-16)13(2)21(3)15-8-6-5-7-9-15/h10-13,15H,4-9H2,1-3H3,(H,19,20). The third-order valence-corrected chi connectivity index (χ3v) is 5.13. The monoisotopic (exact) mass is 285 g/mol. The molecule has 21 heavy (non-hydrogen) atoms. The highest BCUT2D eigenvalue weighted by Crippen LogP contribution is 2.28. The number of aryl methyl sites for hydroxylation is 1. The maximum atomic E-state index is 4.81. The fraction of sp³-hybridized carbons (Fsp3) is 0.611. The predicted molar refractivity (Wildman–Crippen MR) is 88.5 cm³/mol. The number of fused-ring (bicyclic) bond motifs is 1. The first kappa shape index (κ1) is 14.6. The number of benzene rings is 1. The van der Waals surface area contributed by atoms with E-state index in [1.165, 1.54) is 43.2 Å². The van der Waals surface area contributed by atoms with Crippen LogP contribution in [-0.2, 0) is 6.42 Å². The molecule has 3 rings (SSSR count). The van der Waals surface area contributed by atoms with E-state index in [-0.39, 0.29) is 0 Å². The van der Waals surface area contributed by atoms with Crippen molar-refractivity contribution in [3.63, 3.8) is 0 Å². The molecule has 1 heterocycles. The average molecular weight is 285 g/mol. The Kier molecular flexibility index (Phi) is 4.29. The van der Waals surface area contributed by atoms with E-state index in [0.29, 0.717) is 12.1 Å². The van der Waals surface area contributed by atoms with E-state index in [9.17, 15) is 0 Å². The van der Waals surface area contributed by atoms with Gasteiger partial charge in [-0.3, -0.25) is 4.90 Å². The van der Waals surface area contributed by atoms with Crippen LogP contribution in [0.1, 0.15) is 63.4 Å². The number of hydrogen-bond acceptors (Lipinski definition) is 2. The van der Waals surface area contributed by atoms with Crippen molar-refractivity contribution in [2.24, 2.45) is 0 Å². The van der Waals surface area contributed by atoms with E-state index in [2.05, 4.69) is 49.0 Å². The van der Waals surface area contributed by atoms with Crippen LogP contribution in [-0.4, -0.2) is 28.0 Å². The van der Waals surface area contributed by atoms with Gasteiger partial charge in [0.15, 0.2) is 0 Å². The molecule has 2 aromatic rings. The fourth-order valence-corrected chi connectivity index (χ4v) is 3.49. The molecule has 1 aliphatic carbocycles. The third-order valence-electron chi connectivity index (χ3n) is 5.13. The second-order valence-electron chi connectivity index (χ2n) is 6.46. The van der Waals surface area contributed by atoms with Gasteiger partial charge in [0.05, 0.1) is 17.1 Å². The van der Waals surface area contributed by atoms with Crippen LogP contribution < -0.4 is 0 Å². The Bertz CT molecular complexity index is 596. The van der Waals surface area contributed by atoms with Crippen LogP contribution in [0.15, 0.2) is 18.2 Å². The van der Waals surface area contributed by atoms with Crippen molar-refractivity contribution >= 4 is 11.0 Å². The molecule has 3 nitrogen and oxygen atoms in total. The molecule has 0 saturated heterocycles. The van der Waals surface area contributed by atoms with Crippen LogP contribution in [0.2, 0.25) is 0 Å². The minimum Gasteiger partial charge on any atom is -0.341 e. The number of rotatable bonds is 4. The first-order valence-corrected chi connectivity index (χ1v) is 8.39. The lowest BCUT2D eigenvalue weighted by Gasteiger charge is -2.34. The van der Waals surface area contributed by atoms with E-state index in [0.717, 1.165) is 17.8 Å². The largest absolute Gasteiger partial charge is 0.341 e. The highest BCUT2D eigenvalue weighted by molar-refractivity contribution is 5.76. The van der Waals surface area contributed by atoms with Crippen LogP contribution in [0, 0.1) is 0 Å². The number of nitrogens with one attached hydrogen (secondary N) is 1. The minimum atomic E-state index is 0.352. The number of H-pyrrole nitrogens is 1. The quantitative estimate of drug-likeness (QED) is 0.900. The molecule has 1 atom stereocenters. The van der Waals surface area contributed by atoms with E-state index in [1.54, 1.807) is 0 Å². The molecule has 1 aromatic heterocycles. The van der Waals surface area contributed by atoms with Gasteiger partial charge in [-0.05, 0) is 50.9 Å². The third kappa shape index (κ3) is 2.98. The number of imidazole rings is 1. The van der Waals surface area contributed by atoms with Gasteiger partial charge in [-0.15, -0.1) is 0 Å². The Morgan fingerprint density at radius 2 is 2.05 bits per heavy atom. The Labute approximate surface area is 127 Å². The topological polar surface area (TPSA) is 31.9 Å². The lowest BCUT2D eigenvalue weighted by molar-refractivity contribution is 0.142. The summed E-state index contributed by atoms with van der Waals surface area (Å²) in [6.45, 7) is 4.46. The molecule has 0 spiro atoms. The molecular weight excluding hydrogens is 258 g/mol. The smallest absolute Gasteiger partial charge is 0.124 e. The molecule has 1 aromatic carbocycles. The SMILES string of the molecule is CCc1ccc2nc(C(C)N(C)C3CCCCC3)[nH]c2c1. The van der Waals surface area contributed by atoms with E-state index in [1.807, 2.05) is 0 Å². The van der Waals surface area contributed by atoms with Gasteiger partial charge < -0.3 is 4.98 Å². The van der Waals surface area contributed by atoms with Crippen LogP contribution in [0.25, 0.3) is 11.0 Å². The summed E-state index contributed by atoms with van der Waals surface area (Å²) in [5.74, 6) is 1.10. The van der Waals surface area contributed by atoms with Gasteiger partial charge in [0.1, 0.15) is 5.82 Å². The van der Waals surface area contributed by atoms with Crippen LogP contribution in [0.5, 0.6) is 0 Å². The van der Waals surface area contributed by atoms with Gasteiger partial charge in [0.2, 0.25) is 0 Å². The van der Waals surface area contributed by atoms with Crippen molar-refractivity contribution in [3.8, 4) is 0 Å². The minimum absolute atomic E-state index is 0.352. The molecule has 1 saturated carbocycles. The van der Waals surface area contributed by atoms with Crippen molar-refractivity contribution in [2.75, 3.05) is 7.05 Å². The van der Waals surface area contributed by atoms with Crippen LogP contribution in [0.4, 0.5) is 0 Å². The summed E-state index contributed by atoms with van der Waals surface area (Å²) < 4.78 is 0. The van der Waals surface area contributed by atoms with Crippen LogP contribution in [0.3, 0.4) is 0 Å². The van der Waals surface area contributed by atoms with Crippen molar-refractivity contribution in [1.82, 2.24) is 14.9 Å². The van der Waals surface area contributed by atoms with Crippen molar-refractivity contribution in [1.29, 1.82) is 0 Å². The Balaban J connectivity index is 1.81. The maximum absolute atomic E-state index is 4.81. The molecule has 1 N–H and O–H groups in total. The number of nitrogens with zero attached hydrogens (tertiary/aromatic N) is 2. The molecule has 0 bridgehead atoms. The first-order valence-electron chi connectivity index (χ1n) is 8.39. The summed E-state index contributed by atoms with van der Waals surface area (Å²) in [5, 5.41) is 0. The van der Waals surface area contributed by atoms with E-state index >= 15 is 0 Å². The highest BCUT2D eigenvalue weighted by atomic mass is 15.2. The molecular formula is C18H27N3. The Morgan fingerprint density at radius 3 is 2.76 bits per heavy atom. The highest BCUT2D eigenvalue weighted by Gasteiger charge is 2.24. The molecule has 0 radical (unpaired) electrons. The summed E-state index contributed by atoms with van der Waals surface area (Å²) in [5.41, 5.74) is 3.63. The summed E-state index contributed by atoms with van der Waals surface area (Å²) in [4.78, 5) is 10.9. The van der Waals surface area contributed by atoms with Crippen molar-refractivity contribution < 1.29 is 0 Å². The normalized spacial score (nSPS) is 18.5. The number of hydrogen-bond donors (Lipinski definition) is 1. The first-order chi connectivity index (χ1) is 10.2. The predicted octanol–water partition coefficient (Wildman–Crippen LogP) is 4.45. The summed E-state index contributed by atoms with van der Waals surface area (Å²) in [7, 11) is 2.26. The summed E-state index contributed by atoms with van der Waals surface area (Å²) in [6, 6.07) is 7.63. The van der Waals surface area contributed by atoms with Crippen molar-refractivity contribution in [2.45, 2.75) is 64.5 Å². The number of aromatic amines is 1. The molecule has 1 aliphatic rings. The Morgan fingerprint density at radius 1 is 1.29 bits per heavy atom. The fourth-order valence-electron chi connectivity index (χ4n) is 3.49.